The Bertz CT molecular complexity index is 1400. The number of aromatic amines is 1. The summed E-state index contributed by atoms with van der Waals surface area (Å²) in [4.78, 5) is 31.0. The molecule has 3 N–H and O–H groups in total. The molecule has 8 nitrogen and oxygen atoms in total. The Hall–Kier alpha value is -4.66. The Balaban J connectivity index is 0.000000291. The fraction of sp³-hybridized carbons (Fsp3) is 0.0800. The van der Waals surface area contributed by atoms with Gasteiger partial charge in [-0.3, -0.25) is 4.79 Å². The summed E-state index contributed by atoms with van der Waals surface area (Å²) in [6, 6.07) is 15.8. The van der Waals surface area contributed by atoms with Crippen LogP contribution in [0.3, 0.4) is 0 Å². The lowest BCUT2D eigenvalue weighted by atomic mass is 10.1. The second kappa shape index (κ2) is 10.3. The van der Waals surface area contributed by atoms with E-state index in [1.165, 1.54) is 18.5 Å². The molecule has 5 rings (SSSR count). The number of carbonyl (C=O) groups is 1. The van der Waals surface area contributed by atoms with Gasteiger partial charge in [-0.25, -0.2) is 24.3 Å². The van der Waals surface area contributed by atoms with Crippen molar-refractivity contribution in [1.29, 1.82) is 0 Å². The van der Waals surface area contributed by atoms with Gasteiger partial charge in [0.1, 0.15) is 29.2 Å². The molecule has 0 fully saturated rings. The number of nitrogens with one attached hydrogen (secondary N) is 3. The van der Waals surface area contributed by atoms with Gasteiger partial charge in [0.15, 0.2) is 5.65 Å². The van der Waals surface area contributed by atoms with Gasteiger partial charge >= 0.3 is 0 Å². The van der Waals surface area contributed by atoms with E-state index in [1.807, 2.05) is 44.2 Å². The normalized spacial score (nSPS) is 10.3. The Labute approximate surface area is 195 Å². The third-order valence-corrected chi connectivity index (χ3v) is 5.01. The molecule has 0 aliphatic carbocycles. The molecule has 0 saturated heterocycles. The average molecular weight is 455 g/mol. The van der Waals surface area contributed by atoms with Crippen molar-refractivity contribution in [3.05, 3.63) is 90.4 Å². The highest BCUT2D eigenvalue weighted by Gasteiger charge is 2.14. The molecule has 0 spiro atoms. The van der Waals surface area contributed by atoms with Crippen LogP contribution in [-0.4, -0.2) is 31.3 Å². The minimum atomic E-state index is -0.171. The second-order valence-corrected chi connectivity index (χ2v) is 7.44. The monoisotopic (exact) mass is 455 g/mol. The molecular weight excluding hydrogens is 433 g/mol. The summed E-state index contributed by atoms with van der Waals surface area (Å²) >= 11 is 0. The van der Waals surface area contributed by atoms with Crippen LogP contribution >= 0.6 is 0 Å². The smallest absolute Gasteiger partial charge is 0.211 e. The molecule has 170 valence electrons. The Morgan fingerprint density at radius 3 is 2.56 bits per heavy atom. The van der Waals surface area contributed by atoms with Gasteiger partial charge in [-0.2, -0.15) is 0 Å². The van der Waals surface area contributed by atoms with Gasteiger partial charge in [0, 0.05) is 23.1 Å². The standard InChI is InChI=1S/C18H15N7O.C7H7F/c1-11-4-5-12(24-10-26)7-14(11)25-17-13(3-2-6-19-17)15-16-18(22-8-20-15)23-9-21-16;1-6-2-4-7(8)5-3-6/h2-10H,1H3,(H,19,25)(H,24,26)(H,20,21,22,23);2-5H,1H3. The van der Waals surface area contributed by atoms with Gasteiger partial charge in [0.25, 0.3) is 0 Å². The summed E-state index contributed by atoms with van der Waals surface area (Å²) in [6.07, 6.45) is 5.43. The first-order chi connectivity index (χ1) is 16.5. The number of hydrogen-bond acceptors (Lipinski definition) is 6. The lowest BCUT2D eigenvalue weighted by Gasteiger charge is -2.14. The number of pyridine rings is 1. The lowest BCUT2D eigenvalue weighted by molar-refractivity contribution is -0.105. The maximum absolute atomic E-state index is 12.1. The average Bonchev–Trinajstić information content (AvgIpc) is 3.33. The van der Waals surface area contributed by atoms with E-state index in [1.54, 1.807) is 24.7 Å². The van der Waals surface area contributed by atoms with E-state index < -0.39 is 0 Å². The van der Waals surface area contributed by atoms with Crippen LogP contribution in [0, 0.1) is 19.7 Å². The molecular formula is C25H22FN7O. The number of aromatic nitrogens is 5. The third-order valence-electron chi connectivity index (χ3n) is 5.01. The molecule has 34 heavy (non-hydrogen) atoms. The molecule has 0 radical (unpaired) electrons. The predicted octanol–water partition coefficient (Wildman–Crippen LogP) is 5.17. The van der Waals surface area contributed by atoms with Crippen molar-refractivity contribution >= 4 is 34.8 Å². The minimum Gasteiger partial charge on any atom is -0.341 e. The Morgan fingerprint density at radius 1 is 0.971 bits per heavy atom. The van der Waals surface area contributed by atoms with Crippen molar-refractivity contribution in [3.8, 4) is 11.3 Å². The number of halogens is 1. The summed E-state index contributed by atoms with van der Waals surface area (Å²) in [7, 11) is 0. The quantitative estimate of drug-likeness (QED) is 0.316. The van der Waals surface area contributed by atoms with Crippen LogP contribution in [0.2, 0.25) is 0 Å². The van der Waals surface area contributed by atoms with Crippen LogP contribution in [0.1, 0.15) is 11.1 Å². The van der Waals surface area contributed by atoms with Crippen LogP contribution in [0.5, 0.6) is 0 Å². The van der Waals surface area contributed by atoms with Gasteiger partial charge in [-0.1, -0.05) is 23.8 Å². The van der Waals surface area contributed by atoms with Gasteiger partial charge in [0.2, 0.25) is 6.41 Å². The molecule has 3 heterocycles. The number of carbonyl (C=O) groups excluding carboxylic acids is 1. The zero-order chi connectivity index (χ0) is 23.9. The van der Waals surface area contributed by atoms with E-state index in [4.69, 9.17) is 0 Å². The number of benzene rings is 2. The molecule has 1 amide bonds. The van der Waals surface area contributed by atoms with Crippen molar-refractivity contribution in [3.63, 3.8) is 0 Å². The number of nitrogens with zero attached hydrogens (tertiary/aromatic N) is 4. The molecule has 3 aromatic heterocycles. The van der Waals surface area contributed by atoms with Crippen molar-refractivity contribution in [1.82, 2.24) is 24.9 Å². The molecule has 0 aliphatic heterocycles. The SMILES string of the molecule is Cc1ccc(F)cc1.Cc1ccc(NC=O)cc1Nc1ncccc1-c1ncnc2nc[nH]c12. The zero-order valence-electron chi connectivity index (χ0n) is 18.6. The van der Waals surface area contributed by atoms with Crippen molar-refractivity contribution in [2.75, 3.05) is 10.6 Å². The molecule has 0 saturated carbocycles. The maximum atomic E-state index is 12.1. The van der Waals surface area contributed by atoms with Crippen LogP contribution in [-0.2, 0) is 4.79 Å². The first-order valence-corrected chi connectivity index (χ1v) is 10.4. The fourth-order valence-corrected chi connectivity index (χ4v) is 3.24. The largest absolute Gasteiger partial charge is 0.341 e. The fourth-order valence-electron chi connectivity index (χ4n) is 3.24. The molecule has 0 aliphatic rings. The first-order valence-electron chi connectivity index (χ1n) is 10.4. The highest BCUT2D eigenvalue weighted by molar-refractivity contribution is 5.91. The Morgan fingerprint density at radius 2 is 1.79 bits per heavy atom. The number of anilines is 3. The van der Waals surface area contributed by atoms with E-state index in [9.17, 15) is 9.18 Å². The van der Waals surface area contributed by atoms with E-state index >= 15 is 0 Å². The highest BCUT2D eigenvalue weighted by Crippen LogP contribution is 2.31. The summed E-state index contributed by atoms with van der Waals surface area (Å²) in [5.41, 5.74) is 6.52. The Kier molecular flexibility index (Phi) is 6.83. The zero-order valence-corrected chi connectivity index (χ0v) is 18.6. The number of imidazole rings is 1. The lowest BCUT2D eigenvalue weighted by Crippen LogP contribution is -2.01. The van der Waals surface area contributed by atoms with Crippen molar-refractivity contribution < 1.29 is 9.18 Å². The van der Waals surface area contributed by atoms with E-state index in [-0.39, 0.29) is 5.82 Å². The number of amides is 1. The number of hydrogen-bond donors (Lipinski definition) is 3. The molecule has 9 heteroatoms. The van der Waals surface area contributed by atoms with Gasteiger partial charge < -0.3 is 15.6 Å². The maximum Gasteiger partial charge on any atom is 0.211 e. The van der Waals surface area contributed by atoms with Crippen molar-refractivity contribution in [2.24, 2.45) is 0 Å². The van der Waals surface area contributed by atoms with E-state index in [2.05, 4.69) is 35.6 Å². The second-order valence-electron chi connectivity index (χ2n) is 7.44. The van der Waals surface area contributed by atoms with Crippen molar-refractivity contribution in [2.45, 2.75) is 13.8 Å². The van der Waals surface area contributed by atoms with Crippen LogP contribution in [0.15, 0.2) is 73.4 Å². The minimum absolute atomic E-state index is 0.171. The summed E-state index contributed by atoms with van der Waals surface area (Å²) in [5.74, 6) is 0.476. The van der Waals surface area contributed by atoms with Crippen LogP contribution in [0.4, 0.5) is 21.6 Å². The molecule has 0 bridgehead atoms. The summed E-state index contributed by atoms with van der Waals surface area (Å²) in [5, 5.41) is 5.99. The number of H-pyrrole nitrogens is 1. The van der Waals surface area contributed by atoms with E-state index in [0.717, 1.165) is 27.9 Å². The number of rotatable bonds is 5. The van der Waals surface area contributed by atoms with Crippen LogP contribution < -0.4 is 10.6 Å². The molecule has 0 atom stereocenters. The number of aryl methyl sites for hydroxylation is 2. The van der Waals surface area contributed by atoms with Gasteiger partial charge in [0.05, 0.1) is 6.33 Å². The topological polar surface area (TPSA) is 108 Å². The van der Waals surface area contributed by atoms with Gasteiger partial charge in [-0.15, -0.1) is 0 Å². The molecule has 0 unspecified atom stereocenters. The van der Waals surface area contributed by atoms with E-state index in [0.29, 0.717) is 29.3 Å². The van der Waals surface area contributed by atoms with Crippen LogP contribution in [0.25, 0.3) is 22.4 Å². The molecule has 2 aromatic carbocycles. The summed E-state index contributed by atoms with van der Waals surface area (Å²) < 4.78 is 12.1. The molecule has 5 aromatic rings. The highest BCUT2D eigenvalue weighted by atomic mass is 19.1. The summed E-state index contributed by atoms with van der Waals surface area (Å²) in [6.45, 7) is 3.91. The number of fused-ring (bicyclic) bond motifs is 1. The van der Waals surface area contributed by atoms with Gasteiger partial charge in [-0.05, 0) is 55.8 Å². The first kappa shape index (κ1) is 22.5. The third kappa shape index (κ3) is 5.21. The predicted molar refractivity (Wildman–Crippen MR) is 130 cm³/mol.